The zero-order chi connectivity index (χ0) is 15.6. The molecule has 0 saturated heterocycles. The van der Waals surface area contributed by atoms with E-state index in [0.717, 1.165) is 6.07 Å². The van der Waals surface area contributed by atoms with Crippen LogP contribution in [0.2, 0.25) is 5.02 Å². The summed E-state index contributed by atoms with van der Waals surface area (Å²) in [6.07, 6.45) is 0. The Morgan fingerprint density at radius 1 is 1.38 bits per heavy atom. The number of pyridine rings is 1. The van der Waals surface area contributed by atoms with Gasteiger partial charge in [-0.15, -0.1) is 0 Å². The van der Waals surface area contributed by atoms with Crippen LogP contribution in [0.5, 0.6) is 11.6 Å². The zero-order valence-electron chi connectivity index (χ0n) is 10.3. The number of carboxylic acids is 1. The standard InChI is InChI=1S/C12H8ClN3O5/c13-6-1-3-9(7(5-6)12(17)18)21-10-4-2-8(16(19)20)11(14)15-10/h1-5H,(H2,14,15)(H,17,18). The van der Waals surface area contributed by atoms with Crippen molar-refractivity contribution in [2.75, 3.05) is 5.73 Å². The fraction of sp³-hybridized carbons (Fsp3) is 0. The van der Waals surface area contributed by atoms with Crippen molar-refractivity contribution in [2.45, 2.75) is 0 Å². The number of nitrogen functional groups attached to an aromatic ring is 1. The van der Waals surface area contributed by atoms with Gasteiger partial charge in [-0.2, -0.15) is 4.98 Å². The SMILES string of the molecule is Nc1nc(Oc2ccc(Cl)cc2C(=O)O)ccc1[N+](=O)[O-]. The van der Waals surface area contributed by atoms with E-state index in [-0.39, 0.29) is 33.7 Å². The van der Waals surface area contributed by atoms with E-state index in [1.54, 1.807) is 0 Å². The highest BCUT2D eigenvalue weighted by Crippen LogP contribution is 2.29. The average Bonchev–Trinajstić information content (AvgIpc) is 2.40. The summed E-state index contributed by atoms with van der Waals surface area (Å²) in [7, 11) is 0. The van der Waals surface area contributed by atoms with Gasteiger partial charge in [0, 0.05) is 17.2 Å². The molecule has 0 fully saturated rings. The maximum Gasteiger partial charge on any atom is 0.339 e. The summed E-state index contributed by atoms with van der Waals surface area (Å²) in [5.41, 5.74) is 4.90. The first-order valence-electron chi connectivity index (χ1n) is 5.50. The van der Waals surface area contributed by atoms with Gasteiger partial charge in [-0.05, 0) is 18.2 Å². The molecule has 0 amide bonds. The van der Waals surface area contributed by atoms with E-state index in [4.69, 9.17) is 27.2 Å². The van der Waals surface area contributed by atoms with E-state index in [9.17, 15) is 14.9 Å². The van der Waals surface area contributed by atoms with Crippen molar-refractivity contribution < 1.29 is 19.6 Å². The molecule has 0 bridgehead atoms. The maximum atomic E-state index is 11.1. The highest BCUT2D eigenvalue weighted by atomic mass is 35.5. The van der Waals surface area contributed by atoms with E-state index in [0.29, 0.717) is 0 Å². The van der Waals surface area contributed by atoms with Gasteiger partial charge in [0.05, 0.1) is 4.92 Å². The van der Waals surface area contributed by atoms with Crippen LogP contribution in [0, 0.1) is 10.1 Å². The summed E-state index contributed by atoms with van der Waals surface area (Å²) in [4.78, 5) is 24.7. The second kappa shape index (κ2) is 5.63. The van der Waals surface area contributed by atoms with Crippen LogP contribution in [0.4, 0.5) is 11.5 Å². The number of hydrogen-bond donors (Lipinski definition) is 2. The number of benzene rings is 1. The molecule has 9 heteroatoms. The molecular formula is C12H8ClN3O5. The molecule has 0 unspecified atom stereocenters. The van der Waals surface area contributed by atoms with Crippen LogP contribution in [0.15, 0.2) is 30.3 Å². The molecule has 2 aromatic rings. The number of aromatic nitrogens is 1. The molecule has 3 N–H and O–H groups in total. The van der Waals surface area contributed by atoms with Gasteiger partial charge in [0.15, 0.2) is 0 Å². The zero-order valence-corrected chi connectivity index (χ0v) is 11.1. The summed E-state index contributed by atoms with van der Waals surface area (Å²) in [5, 5.41) is 19.9. The summed E-state index contributed by atoms with van der Waals surface area (Å²) in [6, 6.07) is 6.35. The fourth-order valence-corrected chi connectivity index (χ4v) is 1.70. The number of nitrogens with zero attached hydrogens (tertiary/aromatic N) is 2. The first-order chi connectivity index (χ1) is 9.88. The molecule has 0 atom stereocenters. The minimum Gasteiger partial charge on any atom is -0.478 e. The number of nitrogens with two attached hydrogens (primary N) is 1. The average molecular weight is 310 g/mol. The van der Waals surface area contributed by atoms with Gasteiger partial charge in [-0.25, -0.2) is 4.79 Å². The number of rotatable bonds is 4. The largest absolute Gasteiger partial charge is 0.478 e. The van der Waals surface area contributed by atoms with Crippen LogP contribution in [0.1, 0.15) is 10.4 Å². The van der Waals surface area contributed by atoms with Crippen LogP contribution >= 0.6 is 11.6 Å². The van der Waals surface area contributed by atoms with Crippen molar-refractivity contribution >= 4 is 29.1 Å². The maximum absolute atomic E-state index is 11.1. The molecule has 2 rings (SSSR count). The van der Waals surface area contributed by atoms with Gasteiger partial charge in [0.1, 0.15) is 11.3 Å². The minimum absolute atomic E-state index is 0.00680. The molecule has 8 nitrogen and oxygen atoms in total. The Balaban J connectivity index is 2.37. The van der Waals surface area contributed by atoms with E-state index in [1.807, 2.05) is 0 Å². The van der Waals surface area contributed by atoms with E-state index < -0.39 is 10.9 Å². The van der Waals surface area contributed by atoms with Crippen molar-refractivity contribution in [1.82, 2.24) is 4.98 Å². The van der Waals surface area contributed by atoms with Crippen LogP contribution in [0.3, 0.4) is 0 Å². The monoisotopic (exact) mass is 309 g/mol. The second-order valence-corrected chi connectivity index (χ2v) is 4.30. The minimum atomic E-state index is -1.23. The van der Waals surface area contributed by atoms with E-state index >= 15 is 0 Å². The number of aromatic carboxylic acids is 1. The summed E-state index contributed by atoms with van der Waals surface area (Å²) >= 11 is 5.72. The third-order valence-corrected chi connectivity index (χ3v) is 2.70. The Morgan fingerprint density at radius 3 is 2.67 bits per heavy atom. The van der Waals surface area contributed by atoms with Crippen molar-refractivity contribution in [1.29, 1.82) is 0 Å². The molecule has 0 saturated carbocycles. The first-order valence-corrected chi connectivity index (χ1v) is 5.88. The summed E-state index contributed by atoms with van der Waals surface area (Å²) < 4.78 is 5.29. The van der Waals surface area contributed by atoms with Crippen LogP contribution in [0.25, 0.3) is 0 Å². The van der Waals surface area contributed by atoms with Crippen LogP contribution in [-0.2, 0) is 0 Å². The Bertz CT molecular complexity index is 735. The number of halogens is 1. The molecule has 108 valence electrons. The highest BCUT2D eigenvalue weighted by Gasteiger charge is 2.16. The summed E-state index contributed by atoms with van der Waals surface area (Å²) in [6.45, 7) is 0. The van der Waals surface area contributed by atoms with Crippen molar-refractivity contribution in [2.24, 2.45) is 0 Å². The molecule has 0 aliphatic rings. The topological polar surface area (TPSA) is 129 Å². The van der Waals surface area contributed by atoms with E-state index in [1.165, 1.54) is 24.3 Å². The van der Waals surface area contributed by atoms with E-state index in [2.05, 4.69) is 4.98 Å². The molecule has 0 aliphatic heterocycles. The Morgan fingerprint density at radius 2 is 2.10 bits per heavy atom. The van der Waals surface area contributed by atoms with Gasteiger partial charge in [-0.1, -0.05) is 11.6 Å². The molecule has 1 aromatic carbocycles. The third kappa shape index (κ3) is 3.18. The molecule has 0 spiro atoms. The number of ether oxygens (including phenoxy) is 1. The third-order valence-electron chi connectivity index (χ3n) is 2.46. The lowest BCUT2D eigenvalue weighted by Crippen LogP contribution is -2.02. The summed E-state index contributed by atoms with van der Waals surface area (Å²) in [5.74, 6) is -1.64. The predicted molar refractivity (Wildman–Crippen MR) is 73.8 cm³/mol. The number of carboxylic acid groups (broad SMARTS) is 1. The lowest BCUT2D eigenvalue weighted by Gasteiger charge is -2.08. The van der Waals surface area contributed by atoms with Gasteiger partial charge < -0.3 is 15.6 Å². The smallest absolute Gasteiger partial charge is 0.339 e. The molecule has 21 heavy (non-hydrogen) atoms. The Hall–Kier alpha value is -2.87. The Kier molecular flexibility index (Phi) is 3.90. The highest BCUT2D eigenvalue weighted by molar-refractivity contribution is 6.31. The van der Waals surface area contributed by atoms with Gasteiger partial charge in [0.2, 0.25) is 11.7 Å². The first kappa shape index (κ1) is 14.5. The predicted octanol–water partition coefficient (Wildman–Crippen LogP) is 2.72. The lowest BCUT2D eigenvalue weighted by molar-refractivity contribution is -0.384. The normalized spacial score (nSPS) is 10.1. The quantitative estimate of drug-likeness (QED) is 0.656. The number of nitro groups is 1. The number of hydrogen-bond acceptors (Lipinski definition) is 6. The number of anilines is 1. The second-order valence-electron chi connectivity index (χ2n) is 3.86. The van der Waals surface area contributed by atoms with Gasteiger partial charge >= 0.3 is 11.7 Å². The molecule has 1 heterocycles. The molecule has 1 aromatic heterocycles. The van der Waals surface area contributed by atoms with Crippen LogP contribution < -0.4 is 10.5 Å². The van der Waals surface area contributed by atoms with Crippen molar-refractivity contribution in [3.63, 3.8) is 0 Å². The molecule has 0 aliphatic carbocycles. The van der Waals surface area contributed by atoms with Crippen molar-refractivity contribution in [3.8, 4) is 11.6 Å². The molecular weight excluding hydrogens is 302 g/mol. The lowest BCUT2D eigenvalue weighted by atomic mass is 10.2. The van der Waals surface area contributed by atoms with Gasteiger partial charge in [-0.3, -0.25) is 10.1 Å². The number of carbonyl (C=O) groups is 1. The molecule has 0 radical (unpaired) electrons. The Labute approximate surface area is 122 Å². The van der Waals surface area contributed by atoms with Crippen molar-refractivity contribution in [3.05, 3.63) is 51.0 Å². The fourth-order valence-electron chi connectivity index (χ4n) is 1.53. The van der Waals surface area contributed by atoms with Crippen LogP contribution in [-0.4, -0.2) is 21.0 Å². The van der Waals surface area contributed by atoms with Gasteiger partial charge in [0.25, 0.3) is 0 Å².